The van der Waals surface area contributed by atoms with E-state index in [1.165, 1.54) is 0 Å². The van der Waals surface area contributed by atoms with Crippen LogP contribution in [0.3, 0.4) is 0 Å². The van der Waals surface area contributed by atoms with Gasteiger partial charge in [0.2, 0.25) is 5.88 Å². The topological polar surface area (TPSA) is 99.9 Å². The number of hydrogen-bond donors (Lipinski definition) is 1. The van der Waals surface area contributed by atoms with Gasteiger partial charge in [0.15, 0.2) is 5.78 Å². The zero-order valence-corrected chi connectivity index (χ0v) is 11.8. The smallest absolute Gasteiger partial charge is 0.205 e. The van der Waals surface area contributed by atoms with Gasteiger partial charge in [0.25, 0.3) is 0 Å². The van der Waals surface area contributed by atoms with Crippen molar-refractivity contribution < 1.29 is 9.53 Å². The Morgan fingerprint density at radius 1 is 1.23 bits per heavy atom. The Bertz CT molecular complexity index is 806. The van der Waals surface area contributed by atoms with Crippen LogP contribution in [0.15, 0.2) is 47.1 Å². The lowest BCUT2D eigenvalue weighted by atomic mass is 9.77. The summed E-state index contributed by atoms with van der Waals surface area (Å²) < 4.78 is 5.50. The molecule has 0 amide bonds. The molecule has 5 heteroatoms. The lowest BCUT2D eigenvalue weighted by Crippen LogP contribution is -2.27. The maximum atomic E-state index is 12.4. The Hall–Kier alpha value is -3.05. The van der Waals surface area contributed by atoms with Crippen molar-refractivity contribution >= 4 is 5.78 Å². The summed E-state index contributed by atoms with van der Waals surface area (Å²) in [5, 5.41) is 18.5. The van der Waals surface area contributed by atoms with Gasteiger partial charge in [-0.3, -0.25) is 4.79 Å². The molecular weight excluding hydrogens is 278 g/mol. The molecule has 2 N–H and O–H groups in total. The van der Waals surface area contributed by atoms with E-state index in [0.29, 0.717) is 35.3 Å². The molecule has 1 aromatic carbocycles. The summed E-state index contributed by atoms with van der Waals surface area (Å²) >= 11 is 0. The van der Waals surface area contributed by atoms with Gasteiger partial charge in [0.05, 0.1) is 17.6 Å². The van der Waals surface area contributed by atoms with Crippen LogP contribution in [0.2, 0.25) is 0 Å². The maximum Gasteiger partial charge on any atom is 0.205 e. The average Bonchev–Trinajstić information content (AvgIpc) is 2.54. The molecule has 1 aliphatic heterocycles. The van der Waals surface area contributed by atoms with Gasteiger partial charge in [0, 0.05) is 18.4 Å². The van der Waals surface area contributed by atoms with Crippen molar-refractivity contribution in [1.82, 2.24) is 0 Å². The van der Waals surface area contributed by atoms with Crippen molar-refractivity contribution in [2.45, 2.75) is 25.2 Å². The maximum absolute atomic E-state index is 12.4. The summed E-state index contributed by atoms with van der Waals surface area (Å²) in [7, 11) is 0. The van der Waals surface area contributed by atoms with Crippen molar-refractivity contribution in [1.29, 1.82) is 10.5 Å². The lowest BCUT2D eigenvalue weighted by Gasteiger charge is -2.31. The number of hydrogen-bond acceptors (Lipinski definition) is 5. The third kappa shape index (κ3) is 2.13. The zero-order valence-electron chi connectivity index (χ0n) is 11.8. The number of carbonyl (C=O) groups excluding carboxylic acids is 1. The molecular formula is C17H13N3O2. The van der Waals surface area contributed by atoms with Gasteiger partial charge >= 0.3 is 0 Å². The number of ether oxygens (including phenoxy) is 1. The van der Waals surface area contributed by atoms with Gasteiger partial charge < -0.3 is 10.5 Å². The van der Waals surface area contributed by atoms with Gasteiger partial charge in [-0.2, -0.15) is 10.5 Å². The molecule has 0 bridgehead atoms. The van der Waals surface area contributed by atoms with Crippen molar-refractivity contribution in [2.75, 3.05) is 0 Å². The van der Waals surface area contributed by atoms with Crippen LogP contribution >= 0.6 is 0 Å². The van der Waals surface area contributed by atoms with E-state index in [1.807, 2.05) is 0 Å². The first kappa shape index (κ1) is 13.9. The normalized spacial score (nSPS) is 20.8. The van der Waals surface area contributed by atoms with Gasteiger partial charge in [-0.25, -0.2) is 0 Å². The summed E-state index contributed by atoms with van der Waals surface area (Å²) in [4.78, 5) is 12.4. The first-order chi connectivity index (χ1) is 10.7. The van der Waals surface area contributed by atoms with Crippen LogP contribution in [0, 0.1) is 22.7 Å². The number of rotatable bonds is 1. The summed E-state index contributed by atoms with van der Waals surface area (Å²) in [6.07, 6.45) is 1.79. The second kappa shape index (κ2) is 5.38. The van der Waals surface area contributed by atoms with E-state index < -0.39 is 5.92 Å². The third-order valence-corrected chi connectivity index (χ3v) is 3.95. The molecule has 2 aliphatic rings. The molecule has 1 heterocycles. The van der Waals surface area contributed by atoms with Crippen LogP contribution in [0.25, 0.3) is 0 Å². The van der Waals surface area contributed by atoms with Crippen molar-refractivity contribution in [3.8, 4) is 12.1 Å². The molecule has 1 unspecified atom stereocenters. The van der Waals surface area contributed by atoms with Crippen molar-refractivity contribution in [2.24, 2.45) is 5.73 Å². The molecule has 22 heavy (non-hydrogen) atoms. The fourth-order valence-corrected chi connectivity index (χ4v) is 2.98. The predicted molar refractivity (Wildman–Crippen MR) is 77.7 cm³/mol. The minimum atomic E-state index is -0.546. The van der Waals surface area contributed by atoms with Crippen LogP contribution in [0.5, 0.6) is 0 Å². The minimum absolute atomic E-state index is 0.0196. The van der Waals surface area contributed by atoms with E-state index in [1.54, 1.807) is 24.3 Å². The van der Waals surface area contributed by atoms with Gasteiger partial charge in [-0.1, -0.05) is 12.1 Å². The average molecular weight is 291 g/mol. The van der Waals surface area contributed by atoms with Crippen molar-refractivity contribution in [3.63, 3.8) is 0 Å². The van der Waals surface area contributed by atoms with Crippen LogP contribution < -0.4 is 5.73 Å². The standard InChI is InChI=1S/C17H13N3O2/c18-8-10-3-1-4-11(7-10)15-12(9-19)17(20)22-14-6-2-5-13(21)16(14)15/h1,3-4,7,15H,2,5-6,20H2. The molecule has 0 spiro atoms. The third-order valence-electron chi connectivity index (χ3n) is 3.95. The molecule has 1 aromatic rings. The second-order valence-electron chi connectivity index (χ2n) is 5.28. The first-order valence-corrected chi connectivity index (χ1v) is 6.99. The fraction of sp³-hybridized carbons (Fsp3) is 0.235. The number of carbonyl (C=O) groups is 1. The predicted octanol–water partition coefficient (Wildman–Crippen LogP) is 2.37. The molecule has 0 saturated carbocycles. The molecule has 1 atom stereocenters. The largest absolute Gasteiger partial charge is 0.444 e. The summed E-state index contributed by atoms with van der Waals surface area (Å²) in [5.74, 6) is 0.0344. The number of nitrogens with zero attached hydrogens (tertiary/aromatic N) is 2. The minimum Gasteiger partial charge on any atom is -0.444 e. The highest BCUT2D eigenvalue weighted by atomic mass is 16.5. The van der Waals surface area contributed by atoms with Crippen molar-refractivity contribution in [3.05, 3.63) is 58.2 Å². The van der Waals surface area contributed by atoms with E-state index in [9.17, 15) is 10.1 Å². The number of nitriles is 2. The van der Waals surface area contributed by atoms with Crippen LogP contribution in [-0.4, -0.2) is 5.78 Å². The number of Topliss-reactive ketones (excluding diaryl/α,β-unsaturated/α-hetero) is 1. The number of nitrogens with two attached hydrogens (primary N) is 1. The molecule has 3 rings (SSSR count). The molecule has 0 aromatic heterocycles. The number of benzene rings is 1. The van der Waals surface area contributed by atoms with E-state index >= 15 is 0 Å². The lowest BCUT2D eigenvalue weighted by molar-refractivity contribution is -0.116. The molecule has 5 nitrogen and oxygen atoms in total. The van der Waals surface area contributed by atoms with Crippen LogP contribution in [0.4, 0.5) is 0 Å². The summed E-state index contributed by atoms with van der Waals surface area (Å²) in [5.41, 5.74) is 7.79. The first-order valence-electron chi connectivity index (χ1n) is 6.99. The van der Waals surface area contributed by atoms with E-state index in [4.69, 9.17) is 15.7 Å². The Kier molecular flexibility index (Phi) is 3.40. The second-order valence-corrected chi connectivity index (χ2v) is 5.28. The molecule has 0 fully saturated rings. The Labute approximate surface area is 127 Å². The van der Waals surface area contributed by atoms with E-state index in [2.05, 4.69) is 12.1 Å². The summed E-state index contributed by atoms with van der Waals surface area (Å²) in [6, 6.07) is 11.0. The number of ketones is 1. The molecule has 1 aliphatic carbocycles. The zero-order chi connectivity index (χ0) is 15.7. The SMILES string of the molecule is N#CC1=C(N)OC2=C(C(=O)CCC2)C1c1cccc(C#N)c1. The highest BCUT2D eigenvalue weighted by molar-refractivity contribution is 5.99. The Balaban J connectivity index is 2.20. The van der Waals surface area contributed by atoms with E-state index in [0.717, 1.165) is 6.42 Å². The molecule has 0 radical (unpaired) electrons. The monoisotopic (exact) mass is 291 g/mol. The quantitative estimate of drug-likeness (QED) is 0.856. The van der Waals surface area contributed by atoms with Gasteiger partial charge in [-0.15, -0.1) is 0 Å². The van der Waals surface area contributed by atoms with E-state index in [-0.39, 0.29) is 17.2 Å². The van der Waals surface area contributed by atoms with Gasteiger partial charge in [0.1, 0.15) is 17.4 Å². The highest BCUT2D eigenvalue weighted by Gasteiger charge is 2.37. The Morgan fingerprint density at radius 2 is 2.05 bits per heavy atom. The summed E-state index contributed by atoms with van der Waals surface area (Å²) in [6.45, 7) is 0. The van der Waals surface area contributed by atoms with Gasteiger partial charge in [-0.05, 0) is 24.1 Å². The highest BCUT2D eigenvalue weighted by Crippen LogP contribution is 2.43. The van der Waals surface area contributed by atoms with Crippen LogP contribution in [-0.2, 0) is 9.53 Å². The Morgan fingerprint density at radius 3 is 2.77 bits per heavy atom. The molecule has 108 valence electrons. The van der Waals surface area contributed by atoms with Crippen LogP contribution in [0.1, 0.15) is 36.3 Å². The molecule has 0 saturated heterocycles. The fourth-order valence-electron chi connectivity index (χ4n) is 2.98. The number of allylic oxidation sites excluding steroid dienone is 3.